The first-order chi connectivity index (χ1) is 7.90. The van der Waals surface area contributed by atoms with Crippen LogP contribution in [0.15, 0.2) is 18.2 Å². The Kier molecular flexibility index (Phi) is 4.36. The summed E-state index contributed by atoms with van der Waals surface area (Å²) in [4.78, 5) is 0. The molecule has 0 unspecified atom stereocenters. The second-order valence-electron chi connectivity index (χ2n) is 3.70. The van der Waals surface area contributed by atoms with Crippen LogP contribution in [0.2, 0.25) is 0 Å². The number of ether oxygens (including phenoxy) is 2. The van der Waals surface area contributed by atoms with Gasteiger partial charge in [0.05, 0.1) is 0 Å². The van der Waals surface area contributed by atoms with Crippen LogP contribution < -0.4 is 14.8 Å². The van der Waals surface area contributed by atoms with E-state index >= 15 is 0 Å². The lowest BCUT2D eigenvalue weighted by Crippen LogP contribution is -2.19. The zero-order chi connectivity index (χ0) is 11.2. The normalized spacial score (nSPS) is 13.8. The van der Waals surface area contributed by atoms with Crippen molar-refractivity contribution in [2.24, 2.45) is 0 Å². The first-order valence-corrected chi connectivity index (χ1v) is 6.23. The summed E-state index contributed by atoms with van der Waals surface area (Å²) in [7, 11) is 0. The topological polar surface area (TPSA) is 30.5 Å². The molecule has 0 saturated heterocycles. The van der Waals surface area contributed by atoms with E-state index in [2.05, 4.69) is 30.1 Å². The van der Waals surface area contributed by atoms with Gasteiger partial charge in [0, 0.05) is 12.3 Å². The second kappa shape index (κ2) is 6.01. The Morgan fingerprint density at radius 1 is 1.12 bits per heavy atom. The minimum atomic E-state index is 0.647. The van der Waals surface area contributed by atoms with Gasteiger partial charge >= 0.3 is 0 Å². The van der Waals surface area contributed by atoms with Crippen LogP contribution in [0.4, 0.5) is 0 Å². The third kappa shape index (κ3) is 3.06. The van der Waals surface area contributed by atoms with Crippen LogP contribution >= 0.6 is 12.6 Å². The highest BCUT2D eigenvalue weighted by molar-refractivity contribution is 7.80. The van der Waals surface area contributed by atoms with Crippen LogP contribution in [0, 0.1) is 0 Å². The third-order valence-electron chi connectivity index (χ3n) is 2.49. The van der Waals surface area contributed by atoms with Crippen LogP contribution in [-0.2, 0) is 6.42 Å². The van der Waals surface area contributed by atoms with Crippen LogP contribution in [0.5, 0.6) is 11.5 Å². The lowest BCUT2D eigenvalue weighted by molar-refractivity contribution is 0.171. The second-order valence-corrected chi connectivity index (χ2v) is 4.15. The number of nitrogens with one attached hydrogen (secondary N) is 1. The Hall–Kier alpha value is -0.870. The van der Waals surface area contributed by atoms with Crippen molar-refractivity contribution in [1.29, 1.82) is 0 Å². The van der Waals surface area contributed by atoms with E-state index in [4.69, 9.17) is 9.47 Å². The largest absolute Gasteiger partial charge is 0.486 e. The lowest BCUT2D eigenvalue weighted by Gasteiger charge is -2.18. The van der Waals surface area contributed by atoms with Crippen molar-refractivity contribution in [2.45, 2.75) is 6.42 Å². The van der Waals surface area contributed by atoms with E-state index in [1.165, 1.54) is 5.56 Å². The molecule has 0 fully saturated rings. The number of thiol groups is 1. The van der Waals surface area contributed by atoms with Crippen LogP contribution in [0.1, 0.15) is 5.56 Å². The summed E-state index contributed by atoms with van der Waals surface area (Å²) < 4.78 is 11.0. The fourth-order valence-electron chi connectivity index (χ4n) is 1.68. The summed E-state index contributed by atoms with van der Waals surface area (Å²) in [6.07, 6.45) is 1.00. The van der Waals surface area contributed by atoms with Crippen LogP contribution in [0.3, 0.4) is 0 Å². The standard InChI is InChI=1S/C12H17NO2S/c16-8-5-13-4-3-10-1-2-11-12(9-10)15-7-6-14-11/h1-2,9,13,16H,3-8H2. The molecule has 0 aliphatic carbocycles. The van der Waals surface area contributed by atoms with Gasteiger partial charge in [0.1, 0.15) is 13.2 Å². The molecule has 1 aromatic carbocycles. The Balaban J connectivity index is 1.90. The maximum Gasteiger partial charge on any atom is 0.161 e. The van der Waals surface area contributed by atoms with Gasteiger partial charge in [-0.2, -0.15) is 12.6 Å². The Morgan fingerprint density at radius 2 is 1.94 bits per heavy atom. The fourth-order valence-corrected chi connectivity index (χ4v) is 1.84. The predicted molar refractivity (Wildman–Crippen MR) is 67.9 cm³/mol. The van der Waals surface area contributed by atoms with Crippen molar-refractivity contribution in [3.05, 3.63) is 23.8 Å². The molecular formula is C12H17NO2S. The first kappa shape index (κ1) is 11.6. The molecule has 4 heteroatoms. The maximum absolute atomic E-state index is 5.53. The lowest BCUT2D eigenvalue weighted by atomic mass is 10.1. The summed E-state index contributed by atoms with van der Waals surface area (Å²) >= 11 is 4.15. The summed E-state index contributed by atoms with van der Waals surface area (Å²) in [5, 5.41) is 3.32. The zero-order valence-corrected chi connectivity index (χ0v) is 10.1. The van der Waals surface area contributed by atoms with E-state index in [0.717, 1.165) is 36.8 Å². The van der Waals surface area contributed by atoms with E-state index < -0.39 is 0 Å². The minimum Gasteiger partial charge on any atom is -0.486 e. The first-order valence-electron chi connectivity index (χ1n) is 5.60. The Labute approximate surface area is 102 Å². The minimum absolute atomic E-state index is 0.647. The molecule has 2 rings (SSSR count). The molecule has 1 N–H and O–H groups in total. The molecule has 88 valence electrons. The molecule has 0 saturated carbocycles. The van der Waals surface area contributed by atoms with Gasteiger partial charge in [0.2, 0.25) is 0 Å². The highest BCUT2D eigenvalue weighted by Crippen LogP contribution is 2.30. The van der Waals surface area contributed by atoms with E-state index in [9.17, 15) is 0 Å². The fraction of sp³-hybridized carbons (Fsp3) is 0.500. The molecule has 1 aromatic rings. The monoisotopic (exact) mass is 239 g/mol. The van der Waals surface area contributed by atoms with Gasteiger partial charge in [-0.3, -0.25) is 0 Å². The van der Waals surface area contributed by atoms with Crippen molar-refractivity contribution < 1.29 is 9.47 Å². The summed E-state index contributed by atoms with van der Waals surface area (Å²) in [5.41, 5.74) is 1.27. The number of hydrogen-bond donors (Lipinski definition) is 2. The smallest absolute Gasteiger partial charge is 0.161 e. The van der Waals surface area contributed by atoms with Gasteiger partial charge < -0.3 is 14.8 Å². The Morgan fingerprint density at radius 3 is 2.75 bits per heavy atom. The van der Waals surface area contributed by atoms with Crippen molar-refractivity contribution in [1.82, 2.24) is 5.32 Å². The molecule has 3 nitrogen and oxygen atoms in total. The highest BCUT2D eigenvalue weighted by atomic mass is 32.1. The molecule has 0 spiro atoms. The molecule has 0 aromatic heterocycles. The van der Waals surface area contributed by atoms with Gasteiger partial charge in [-0.15, -0.1) is 0 Å². The van der Waals surface area contributed by atoms with Gasteiger partial charge in [0.25, 0.3) is 0 Å². The van der Waals surface area contributed by atoms with Gasteiger partial charge in [-0.25, -0.2) is 0 Å². The van der Waals surface area contributed by atoms with E-state index in [1.807, 2.05) is 6.07 Å². The average molecular weight is 239 g/mol. The molecule has 0 bridgehead atoms. The number of fused-ring (bicyclic) bond motifs is 1. The van der Waals surface area contributed by atoms with Gasteiger partial charge in [-0.05, 0) is 30.7 Å². The molecule has 1 aliphatic rings. The third-order valence-corrected chi connectivity index (χ3v) is 2.71. The molecule has 0 radical (unpaired) electrons. The number of benzene rings is 1. The van der Waals surface area contributed by atoms with Crippen molar-refractivity contribution in [3.63, 3.8) is 0 Å². The van der Waals surface area contributed by atoms with Crippen LogP contribution in [0.25, 0.3) is 0 Å². The quantitative estimate of drug-likeness (QED) is 0.603. The summed E-state index contributed by atoms with van der Waals surface area (Å²) in [5.74, 6) is 2.61. The Bertz CT molecular complexity index is 344. The average Bonchev–Trinajstić information content (AvgIpc) is 2.34. The van der Waals surface area contributed by atoms with Crippen LogP contribution in [-0.4, -0.2) is 32.1 Å². The molecule has 0 atom stereocenters. The molecular weight excluding hydrogens is 222 g/mol. The van der Waals surface area contributed by atoms with Crippen molar-refractivity contribution in [2.75, 3.05) is 32.1 Å². The molecule has 1 heterocycles. The predicted octanol–water partition coefficient (Wildman–Crippen LogP) is 1.52. The molecule has 16 heavy (non-hydrogen) atoms. The van der Waals surface area contributed by atoms with Gasteiger partial charge in [0.15, 0.2) is 11.5 Å². The number of rotatable bonds is 5. The molecule has 1 aliphatic heterocycles. The molecule has 0 amide bonds. The SMILES string of the molecule is SCCNCCc1ccc2c(c1)OCCO2. The van der Waals surface area contributed by atoms with E-state index in [1.54, 1.807) is 0 Å². The number of hydrogen-bond acceptors (Lipinski definition) is 4. The summed E-state index contributed by atoms with van der Waals surface area (Å²) in [6.45, 7) is 3.22. The van der Waals surface area contributed by atoms with Gasteiger partial charge in [-0.1, -0.05) is 6.07 Å². The van der Waals surface area contributed by atoms with E-state index in [0.29, 0.717) is 13.2 Å². The highest BCUT2D eigenvalue weighted by Gasteiger charge is 2.11. The van der Waals surface area contributed by atoms with Crippen molar-refractivity contribution >= 4 is 12.6 Å². The van der Waals surface area contributed by atoms with E-state index in [-0.39, 0.29) is 0 Å². The zero-order valence-electron chi connectivity index (χ0n) is 9.24. The maximum atomic E-state index is 5.53. The summed E-state index contributed by atoms with van der Waals surface area (Å²) in [6, 6.07) is 6.15. The van der Waals surface area contributed by atoms with Crippen molar-refractivity contribution in [3.8, 4) is 11.5 Å².